The van der Waals surface area contributed by atoms with Gasteiger partial charge < -0.3 is 10.6 Å². The molecule has 0 radical (unpaired) electrons. The summed E-state index contributed by atoms with van der Waals surface area (Å²) in [6.07, 6.45) is 0. The number of nitrogens with zero attached hydrogens (tertiary/aromatic N) is 1. The third-order valence-corrected chi connectivity index (χ3v) is 2.90. The van der Waals surface area contributed by atoms with E-state index in [0.29, 0.717) is 10.9 Å². The topological polar surface area (TPSA) is 74.3 Å². The number of nitrogens with two attached hydrogens (primary N) is 1. The molecule has 6 heteroatoms. The number of ether oxygens (including phenoxy) is 1. The largest absolute Gasteiger partial charge is 0.464 e. The molecule has 0 aliphatic rings. The van der Waals surface area contributed by atoms with E-state index in [0.717, 1.165) is 9.15 Å². The minimum Gasteiger partial charge on any atom is -0.464 e. The molecule has 0 amide bonds. The van der Waals surface area contributed by atoms with Crippen molar-refractivity contribution in [3.05, 3.63) is 44.7 Å². The van der Waals surface area contributed by atoms with E-state index < -0.39 is 5.97 Å². The minimum absolute atomic E-state index is 0.0207. The number of halogens is 1. The Balaban J connectivity index is 2.86. The van der Waals surface area contributed by atoms with Crippen LogP contribution < -0.4 is 11.3 Å². The average molecular weight is 297 g/mol. The van der Waals surface area contributed by atoms with Crippen LogP contribution in [-0.2, 0) is 4.74 Å². The Labute approximate surface area is 105 Å². The van der Waals surface area contributed by atoms with E-state index in [1.165, 1.54) is 13.2 Å². The Morgan fingerprint density at radius 1 is 1.41 bits per heavy atom. The first kappa shape index (κ1) is 11.7. The number of carbonyl (C=O) groups is 1. The van der Waals surface area contributed by atoms with Crippen LogP contribution in [0.4, 0.5) is 0 Å². The van der Waals surface area contributed by atoms with E-state index in [4.69, 9.17) is 5.84 Å². The highest BCUT2D eigenvalue weighted by molar-refractivity contribution is 9.10. The molecule has 1 aromatic heterocycles. The normalized spacial score (nSPS) is 10.5. The van der Waals surface area contributed by atoms with Crippen molar-refractivity contribution in [1.29, 1.82) is 0 Å². The average Bonchev–Trinajstić information content (AvgIpc) is 2.32. The van der Waals surface area contributed by atoms with E-state index in [-0.39, 0.29) is 11.1 Å². The molecule has 0 aliphatic heterocycles. The molecule has 17 heavy (non-hydrogen) atoms. The third kappa shape index (κ3) is 1.91. The molecule has 1 heterocycles. The van der Waals surface area contributed by atoms with E-state index in [1.54, 1.807) is 18.2 Å². The molecule has 2 N–H and O–H groups in total. The standard InChI is InChI=1S/C11H9BrN2O3/c1-17-11(16)9-5-10(15)7-4-6(12)2-3-8(7)14(9)13/h2-5H,13H2,1H3. The molecular formula is C11H9BrN2O3. The quantitative estimate of drug-likeness (QED) is 0.635. The molecule has 0 bridgehead atoms. The number of benzene rings is 1. The Kier molecular flexibility index (Phi) is 2.89. The number of aromatic nitrogens is 1. The van der Waals surface area contributed by atoms with Crippen molar-refractivity contribution in [2.45, 2.75) is 0 Å². The van der Waals surface area contributed by atoms with Gasteiger partial charge in [0.05, 0.1) is 12.6 Å². The molecule has 0 spiro atoms. The van der Waals surface area contributed by atoms with Gasteiger partial charge in [-0.05, 0) is 18.2 Å². The number of fused-ring (bicyclic) bond motifs is 1. The van der Waals surface area contributed by atoms with Gasteiger partial charge in [0.1, 0.15) is 0 Å². The number of hydrogen-bond donors (Lipinski definition) is 1. The molecule has 5 nitrogen and oxygen atoms in total. The van der Waals surface area contributed by atoms with Crippen LogP contribution in [0.3, 0.4) is 0 Å². The summed E-state index contributed by atoms with van der Waals surface area (Å²) in [5, 5.41) is 0.439. The Hall–Kier alpha value is -1.82. The second-order valence-electron chi connectivity index (χ2n) is 3.42. The SMILES string of the molecule is COC(=O)c1cc(=O)c2cc(Br)ccc2n1N. The van der Waals surface area contributed by atoms with Gasteiger partial charge in [-0.15, -0.1) is 0 Å². The molecule has 2 aromatic rings. The first-order chi connectivity index (χ1) is 8.04. The molecule has 0 unspecified atom stereocenters. The van der Waals surface area contributed by atoms with E-state index in [2.05, 4.69) is 20.7 Å². The van der Waals surface area contributed by atoms with Crippen LogP contribution in [0.5, 0.6) is 0 Å². The monoisotopic (exact) mass is 296 g/mol. The van der Waals surface area contributed by atoms with Gasteiger partial charge >= 0.3 is 5.97 Å². The van der Waals surface area contributed by atoms with Crippen molar-refractivity contribution in [3.8, 4) is 0 Å². The van der Waals surface area contributed by atoms with Crippen molar-refractivity contribution in [2.75, 3.05) is 13.0 Å². The lowest BCUT2D eigenvalue weighted by Crippen LogP contribution is -2.24. The van der Waals surface area contributed by atoms with Gasteiger partial charge in [0, 0.05) is 15.9 Å². The number of methoxy groups -OCH3 is 1. The second-order valence-corrected chi connectivity index (χ2v) is 4.33. The summed E-state index contributed by atoms with van der Waals surface area (Å²) in [5.74, 6) is 5.13. The summed E-state index contributed by atoms with van der Waals surface area (Å²) in [5.41, 5.74) is 0.219. The highest BCUT2D eigenvalue weighted by Crippen LogP contribution is 2.17. The Bertz CT molecular complexity index is 664. The number of carbonyl (C=O) groups excluding carboxylic acids is 1. The smallest absolute Gasteiger partial charge is 0.356 e. The first-order valence-electron chi connectivity index (χ1n) is 4.73. The van der Waals surface area contributed by atoms with Gasteiger partial charge in [0.2, 0.25) is 0 Å². The van der Waals surface area contributed by atoms with Crippen LogP contribution in [0, 0.1) is 0 Å². The predicted molar refractivity (Wildman–Crippen MR) is 67.4 cm³/mol. The fourth-order valence-electron chi connectivity index (χ4n) is 1.58. The molecule has 88 valence electrons. The van der Waals surface area contributed by atoms with Crippen LogP contribution in [0.1, 0.15) is 10.5 Å². The van der Waals surface area contributed by atoms with Crippen LogP contribution in [0.2, 0.25) is 0 Å². The van der Waals surface area contributed by atoms with Crippen LogP contribution in [-0.4, -0.2) is 17.8 Å². The number of pyridine rings is 1. The lowest BCUT2D eigenvalue weighted by molar-refractivity contribution is 0.0590. The molecule has 0 atom stereocenters. The molecule has 0 fully saturated rings. The number of nitrogen functional groups attached to an aromatic ring is 1. The summed E-state index contributed by atoms with van der Waals surface area (Å²) in [4.78, 5) is 23.3. The summed E-state index contributed by atoms with van der Waals surface area (Å²) in [6, 6.07) is 6.22. The molecule has 0 saturated heterocycles. The number of esters is 1. The lowest BCUT2D eigenvalue weighted by atomic mass is 10.2. The van der Waals surface area contributed by atoms with Crippen LogP contribution in [0.25, 0.3) is 10.9 Å². The summed E-state index contributed by atoms with van der Waals surface area (Å²) < 4.78 is 6.48. The van der Waals surface area contributed by atoms with Gasteiger partial charge in [0.15, 0.2) is 11.1 Å². The van der Waals surface area contributed by atoms with Gasteiger partial charge in [0.25, 0.3) is 0 Å². The Morgan fingerprint density at radius 2 is 2.12 bits per heavy atom. The fraction of sp³-hybridized carbons (Fsp3) is 0.0909. The third-order valence-electron chi connectivity index (χ3n) is 2.41. The zero-order valence-electron chi connectivity index (χ0n) is 8.94. The van der Waals surface area contributed by atoms with Crippen molar-refractivity contribution in [1.82, 2.24) is 4.68 Å². The van der Waals surface area contributed by atoms with Crippen LogP contribution in [0.15, 0.2) is 33.5 Å². The summed E-state index contributed by atoms with van der Waals surface area (Å²) in [6.45, 7) is 0. The maximum Gasteiger partial charge on any atom is 0.356 e. The van der Waals surface area contributed by atoms with Gasteiger partial charge in [-0.3, -0.25) is 9.47 Å². The highest BCUT2D eigenvalue weighted by Gasteiger charge is 2.14. The van der Waals surface area contributed by atoms with Crippen LogP contribution >= 0.6 is 15.9 Å². The number of rotatable bonds is 1. The molecule has 2 rings (SSSR count). The molecular weight excluding hydrogens is 288 g/mol. The van der Waals surface area contributed by atoms with Crippen molar-refractivity contribution >= 4 is 32.8 Å². The maximum absolute atomic E-state index is 11.8. The molecule has 0 aliphatic carbocycles. The van der Waals surface area contributed by atoms with Gasteiger partial charge in [-0.1, -0.05) is 15.9 Å². The van der Waals surface area contributed by atoms with E-state index in [9.17, 15) is 9.59 Å². The Morgan fingerprint density at radius 3 is 2.76 bits per heavy atom. The highest BCUT2D eigenvalue weighted by atomic mass is 79.9. The van der Waals surface area contributed by atoms with Crippen molar-refractivity contribution in [3.63, 3.8) is 0 Å². The second kappa shape index (κ2) is 4.21. The van der Waals surface area contributed by atoms with Crippen molar-refractivity contribution in [2.24, 2.45) is 0 Å². The molecule has 1 aromatic carbocycles. The maximum atomic E-state index is 11.8. The lowest BCUT2D eigenvalue weighted by Gasteiger charge is -2.10. The zero-order valence-corrected chi connectivity index (χ0v) is 10.5. The van der Waals surface area contributed by atoms with E-state index >= 15 is 0 Å². The van der Waals surface area contributed by atoms with Crippen molar-refractivity contribution < 1.29 is 9.53 Å². The van der Waals surface area contributed by atoms with Gasteiger partial charge in [-0.25, -0.2) is 4.79 Å². The van der Waals surface area contributed by atoms with Gasteiger partial charge in [-0.2, -0.15) is 0 Å². The zero-order chi connectivity index (χ0) is 12.6. The predicted octanol–water partition coefficient (Wildman–Crippen LogP) is 1.26. The molecule has 0 saturated carbocycles. The summed E-state index contributed by atoms with van der Waals surface area (Å²) in [7, 11) is 1.23. The number of hydrogen-bond acceptors (Lipinski definition) is 4. The fourth-order valence-corrected chi connectivity index (χ4v) is 1.94. The first-order valence-corrected chi connectivity index (χ1v) is 5.52. The minimum atomic E-state index is -0.644. The van der Waals surface area contributed by atoms with E-state index in [1.807, 2.05) is 0 Å². The summed E-state index contributed by atoms with van der Waals surface area (Å²) >= 11 is 3.27.